The lowest BCUT2D eigenvalue weighted by Gasteiger charge is -2.36. The van der Waals surface area contributed by atoms with E-state index in [4.69, 9.17) is 4.84 Å². The molecule has 3 aliphatic rings. The number of nitrogens with zero attached hydrogens (tertiary/aromatic N) is 5. The van der Waals surface area contributed by atoms with Crippen LogP contribution < -0.4 is 15.2 Å². The van der Waals surface area contributed by atoms with E-state index in [1.807, 2.05) is 41.5 Å². The molecule has 3 aromatic rings. The molecule has 1 saturated heterocycles. The Morgan fingerprint density at radius 2 is 1.83 bits per heavy atom. The molecule has 2 aliphatic heterocycles. The van der Waals surface area contributed by atoms with E-state index in [1.165, 1.54) is 12.3 Å². The third-order valence-corrected chi connectivity index (χ3v) is 8.27. The van der Waals surface area contributed by atoms with Crippen molar-refractivity contribution in [1.29, 1.82) is 0 Å². The van der Waals surface area contributed by atoms with Crippen molar-refractivity contribution in [2.75, 3.05) is 55.7 Å². The minimum atomic E-state index is -1.30. The summed E-state index contributed by atoms with van der Waals surface area (Å²) in [7, 11) is 0. The fourth-order valence-corrected chi connectivity index (χ4v) is 5.94. The average molecular weight is 576 g/mol. The fraction of sp³-hybridized carbons (Fsp3) is 0.419. The molecule has 0 unspecified atom stereocenters. The van der Waals surface area contributed by atoms with Crippen LogP contribution in [0.15, 0.2) is 46.5 Å². The summed E-state index contributed by atoms with van der Waals surface area (Å²) in [6.45, 7) is 8.22. The predicted molar refractivity (Wildman–Crippen MR) is 158 cm³/mol. The maximum absolute atomic E-state index is 15.3. The number of aromatic nitrogens is 1. The summed E-state index contributed by atoms with van der Waals surface area (Å²) < 4.78 is 17.1. The second-order valence-corrected chi connectivity index (χ2v) is 11.2. The van der Waals surface area contributed by atoms with Crippen molar-refractivity contribution >= 4 is 39.9 Å². The zero-order valence-corrected chi connectivity index (χ0v) is 23.8. The molecule has 10 nitrogen and oxygen atoms in total. The zero-order chi connectivity index (χ0) is 29.5. The van der Waals surface area contributed by atoms with E-state index >= 15 is 4.39 Å². The maximum atomic E-state index is 15.3. The van der Waals surface area contributed by atoms with Crippen LogP contribution in [-0.4, -0.2) is 78.0 Å². The Morgan fingerprint density at radius 3 is 2.52 bits per heavy atom. The van der Waals surface area contributed by atoms with E-state index in [0.717, 1.165) is 55.7 Å². The van der Waals surface area contributed by atoms with Crippen molar-refractivity contribution in [3.8, 4) is 0 Å². The highest BCUT2D eigenvalue weighted by Crippen LogP contribution is 2.38. The number of carboxylic acids is 1. The number of anilines is 2. The third-order valence-electron chi connectivity index (χ3n) is 8.27. The number of carboxylic acid groups (broad SMARTS) is 1. The minimum absolute atomic E-state index is 0.101. The van der Waals surface area contributed by atoms with E-state index in [1.54, 1.807) is 11.0 Å². The lowest BCUT2D eigenvalue weighted by Crippen LogP contribution is -2.47. The van der Waals surface area contributed by atoms with Gasteiger partial charge < -0.3 is 24.3 Å². The highest BCUT2D eigenvalue weighted by Gasteiger charge is 2.35. The highest BCUT2D eigenvalue weighted by molar-refractivity contribution is 6.54. The molecule has 1 saturated carbocycles. The molecule has 0 radical (unpaired) electrons. The van der Waals surface area contributed by atoms with Gasteiger partial charge in [0, 0.05) is 55.9 Å². The molecule has 6 rings (SSSR count). The second kappa shape index (κ2) is 11.2. The Morgan fingerprint density at radius 1 is 1.07 bits per heavy atom. The second-order valence-electron chi connectivity index (χ2n) is 11.2. The van der Waals surface area contributed by atoms with Gasteiger partial charge in [-0.1, -0.05) is 16.8 Å². The maximum Gasteiger partial charge on any atom is 0.341 e. The zero-order valence-electron chi connectivity index (χ0n) is 23.8. The van der Waals surface area contributed by atoms with Gasteiger partial charge in [-0.2, -0.15) is 0 Å². The van der Waals surface area contributed by atoms with E-state index < -0.39 is 17.2 Å². The van der Waals surface area contributed by atoms with Crippen LogP contribution in [-0.2, 0) is 9.63 Å². The first-order chi connectivity index (χ1) is 20.3. The molecule has 0 bridgehead atoms. The Balaban J connectivity index is 1.11. The van der Waals surface area contributed by atoms with Crippen molar-refractivity contribution in [2.45, 2.75) is 39.2 Å². The van der Waals surface area contributed by atoms with Crippen LogP contribution in [0.3, 0.4) is 0 Å². The van der Waals surface area contributed by atoms with Crippen molar-refractivity contribution in [1.82, 2.24) is 9.47 Å². The molecule has 2 fully saturated rings. The van der Waals surface area contributed by atoms with Gasteiger partial charge in [-0.05, 0) is 63.9 Å². The number of benzene rings is 2. The number of carbonyl (C=O) groups excluding carboxylic acids is 1. The van der Waals surface area contributed by atoms with Crippen LogP contribution in [0.4, 0.5) is 15.8 Å². The summed E-state index contributed by atoms with van der Waals surface area (Å²) in [6, 6.07) is 8.93. The summed E-state index contributed by atoms with van der Waals surface area (Å²) in [6.07, 6.45) is 3.97. The van der Waals surface area contributed by atoms with Gasteiger partial charge in [0.1, 0.15) is 18.0 Å². The standard InChI is InChI=1S/C31H34FN5O5/c1-3-42-33-28-21-15-19(2)5-8-25(21)36(30(28)39)10-4-9-34-11-13-35(14-12-34)27-17-26-22(16-24(27)32)29(38)23(31(40)41)18-37(26)20-6-7-20/h5,8,15-18,20H,3-4,6-7,9-14H2,1-2H3,(H,40,41)/b33-28-. The molecule has 1 N–H and O–H groups in total. The summed E-state index contributed by atoms with van der Waals surface area (Å²) in [4.78, 5) is 48.8. The number of carbonyl (C=O) groups is 2. The number of oxime groups is 1. The molecule has 220 valence electrons. The van der Waals surface area contributed by atoms with E-state index in [-0.39, 0.29) is 22.9 Å². The van der Waals surface area contributed by atoms with Gasteiger partial charge in [-0.3, -0.25) is 14.5 Å². The van der Waals surface area contributed by atoms with Crippen molar-refractivity contribution < 1.29 is 23.9 Å². The SMILES string of the molecule is CCO/N=C1\C(=O)N(CCCN2CCN(c3cc4c(cc3F)c(=O)c(C(=O)O)cn4C3CC3)CC2)c2ccc(C)cc21. The number of hydrogen-bond acceptors (Lipinski definition) is 7. The van der Waals surface area contributed by atoms with Crippen molar-refractivity contribution in [3.05, 3.63) is 69.3 Å². The lowest BCUT2D eigenvalue weighted by atomic mass is 10.1. The molecule has 42 heavy (non-hydrogen) atoms. The summed E-state index contributed by atoms with van der Waals surface area (Å²) >= 11 is 0. The third kappa shape index (κ3) is 5.13. The van der Waals surface area contributed by atoms with E-state index in [2.05, 4.69) is 10.1 Å². The van der Waals surface area contributed by atoms with E-state index in [0.29, 0.717) is 43.2 Å². The van der Waals surface area contributed by atoms with Gasteiger partial charge in [0.05, 0.1) is 16.9 Å². The molecular weight excluding hydrogens is 541 g/mol. The van der Waals surface area contributed by atoms with Gasteiger partial charge in [0.25, 0.3) is 5.91 Å². The number of piperazine rings is 1. The van der Waals surface area contributed by atoms with Gasteiger partial charge in [0.2, 0.25) is 5.43 Å². The summed E-state index contributed by atoms with van der Waals surface area (Å²) in [5, 5.41) is 13.7. The average Bonchev–Trinajstić information content (AvgIpc) is 3.78. The molecule has 3 heterocycles. The Bertz CT molecular complexity index is 1660. The molecule has 1 aromatic heterocycles. The molecule has 2 aromatic carbocycles. The normalized spacial score (nSPS) is 18.3. The van der Waals surface area contributed by atoms with Gasteiger partial charge in [-0.25, -0.2) is 9.18 Å². The minimum Gasteiger partial charge on any atom is -0.477 e. The fourth-order valence-electron chi connectivity index (χ4n) is 5.94. The number of aromatic carboxylic acids is 1. The monoisotopic (exact) mass is 575 g/mol. The first-order valence-electron chi connectivity index (χ1n) is 14.5. The van der Waals surface area contributed by atoms with Crippen LogP contribution in [0, 0.1) is 12.7 Å². The van der Waals surface area contributed by atoms with Crippen molar-refractivity contribution in [2.24, 2.45) is 5.16 Å². The molecular formula is C31H34FN5O5. The van der Waals surface area contributed by atoms with Crippen LogP contribution in [0.25, 0.3) is 10.9 Å². The lowest BCUT2D eigenvalue weighted by molar-refractivity contribution is -0.112. The number of halogens is 1. The summed E-state index contributed by atoms with van der Waals surface area (Å²) in [5.41, 5.74) is 3.05. The predicted octanol–water partition coefficient (Wildman–Crippen LogP) is 3.78. The quantitative estimate of drug-likeness (QED) is 0.387. The number of pyridine rings is 1. The van der Waals surface area contributed by atoms with Crippen molar-refractivity contribution in [3.63, 3.8) is 0 Å². The van der Waals surface area contributed by atoms with Gasteiger partial charge in [0.15, 0.2) is 5.71 Å². The highest BCUT2D eigenvalue weighted by atomic mass is 19.1. The Hall–Kier alpha value is -4.25. The van der Waals surface area contributed by atoms with Gasteiger partial charge in [-0.15, -0.1) is 0 Å². The van der Waals surface area contributed by atoms with E-state index in [9.17, 15) is 19.5 Å². The molecule has 11 heteroatoms. The molecule has 1 aliphatic carbocycles. The number of aryl methyl sites for hydroxylation is 1. The number of fused-ring (bicyclic) bond motifs is 2. The van der Waals surface area contributed by atoms with Crippen LogP contribution in [0.1, 0.15) is 53.7 Å². The number of amides is 1. The smallest absolute Gasteiger partial charge is 0.341 e. The summed E-state index contributed by atoms with van der Waals surface area (Å²) in [5.74, 6) is -1.98. The van der Waals surface area contributed by atoms with Crippen LogP contribution >= 0.6 is 0 Å². The molecule has 0 atom stereocenters. The topological polar surface area (TPSA) is 108 Å². The molecule has 1 amide bonds. The number of hydrogen-bond donors (Lipinski definition) is 1. The Kier molecular flexibility index (Phi) is 7.44. The van der Waals surface area contributed by atoms with Crippen LogP contribution in [0.5, 0.6) is 0 Å². The number of rotatable bonds is 9. The molecule has 0 spiro atoms. The van der Waals surface area contributed by atoms with Crippen LogP contribution in [0.2, 0.25) is 0 Å². The van der Waals surface area contributed by atoms with Gasteiger partial charge >= 0.3 is 5.97 Å². The first-order valence-corrected chi connectivity index (χ1v) is 14.5. The largest absolute Gasteiger partial charge is 0.477 e. The Labute approximate surface area is 242 Å². The first kappa shape index (κ1) is 27.9.